The van der Waals surface area contributed by atoms with Crippen molar-refractivity contribution in [2.75, 3.05) is 39.3 Å². The first kappa shape index (κ1) is 43.8. The third-order valence-corrected chi connectivity index (χ3v) is 13.8. The monoisotopic (exact) mass is 896 g/mol. The fourth-order valence-electron chi connectivity index (χ4n) is 10.2. The van der Waals surface area contributed by atoms with Crippen LogP contribution in [0.5, 0.6) is 5.75 Å². The normalized spacial score (nSPS) is 17.8. The topological polar surface area (TPSA) is 147 Å². The van der Waals surface area contributed by atoms with Crippen LogP contribution in [0, 0.1) is 26.6 Å². The van der Waals surface area contributed by atoms with Gasteiger partial charge in [0, 0.05) is 95.0 Å². The van der Waals surface area contributed by atoms with Crippen molar-refractivity contribution in [1.82, 2.24) is 29.9 Å². The summed E-state index contributed by atoms with van der Waals surface area (Å²) in [5, 5.41) is 21.0. The minimum absolute atomic E-state index is 0.0973. The second-order valence-corrected chi connectivity index (χ2v) is 17.8. The molecule has 0 radical (unpaired) electrons. The van der Waals surface area contributed by atoms with Crippen LogP contribution in [0.4, 0.5) is 4.39 Å². The van der Waals surface area contributed by atoms with Gasteiger partial charge in [0.25, 0.3) is 5.91 Å². The van der Waals surface area contributed by atoms with E-state index in [1.807, 2.05) is 85.9 Å². The summed E-state index contributed by atoms with van der Waals surface area (Å²) in [5.41, 5.74) is 9.06. The van der Waals surface area contributed by atoms with Crippen molar-refractivity contribution in [1.29, 1.82) is 0 Å². The van der Waals surface area contributed by atoms with Gasteiger partial charge >= 0.3 is 5.97 Å². The molecule has 4 aromatic carbocycles. The number of carboxylic acid groups (broad SMARTS) is 1. The van der Waals surface area contributed by atoms with Crippen LogP contribution in [-0.2, 0) is 21.4 Å². The van der Waals surface area contributed by atoms with Gasteiger partial charge in [-0.1, -0.05) is 29.8 Å². The number of halogens is 2. The van der Waals surface area contributed by atoms with Crippen molar-refractivity contribution in [3.05, 3.63) is 129 Å². The summed E-state index contributed by atoms with van der Waals surface area (Å²) in [7, 11) is 1.89. The first-order valence-electron chi connectivity index (χ1n) is 22.1. The number of ether oxygens (including phenoxy) is 1. The second kappa shape index (κ2) is 17.9. The molecule has 2 saturated heterocycles. The van der Waals surface area contributed by atoms with E-state index in [-0.39, 0.29) is 30.0 Å². The van der Waals surface area contributed by atoms with Crippen LogP contribution >= 0.6 is 11.6 Å². The molecule has 3 amide bonds. The lowest BCUT2D eigenvalue weighted by Crippen LogP contribution is -2.49. The number of nitrogens with one attached hydrogen (secondary N) is 1. The number of carbonyl (C=O) groups is 4. The fraction of sp³-hybridized carbons (Fsp3) is 0.333. The number of hydrogen-bond donors (Lipinski definition) is 2. The highest BCUT2D eigenvalue weighted by molar-refractivity contribution is 6.34. The Morgan fingerprint density at radius 1 is 0.938 bits per heavy atom. The second-order valence-electron chi connectivity index (χ2n) is 17.4. The van der Waals surface area contributed by atoms with Crippen LogP contribution < -0.4 is 10.1 Å². The Labute approximate surface area is 381 Å². The summed E-state index contributed by atoms with van der Waals surface area (Å²) in [6, 6.07) is 21.3. The predicted octanol–water partition coefficient (Wildman–Crippen LogP) is 8.67. The average Bonchev–Trinajstić information content (AvgIpc) is 3.74. The van der Waals surface area contributed by atoms with E-state index in [9.17, 15) is 28.7 Å². The number of aliphatic carboxylic acids is 1. The number of benzene rings is 4. The molecular weight excluding hydrogens is 847 g/mol. The molecular formula is C51H50ClFN6O6. The number of piperazine rings is 1. The molecule has 0 bridgehead atoms. The van der Waals surface area contributed by atoms with Gasteiger partial charge in [-0.2, -0.15) is 5.10 Å². The van der Waals surface area contributed by atoms with Gasteiger partial charge < -0.3 is 14.7 Å². The number of amides is 3. The number of carbonyl (C=O) groups excluding carboxylic acids is 3. The Balaban J connectivity index is 0.930. The van der Waals surface area contributed by atoms with E-state index in [0.29, 0.717) is 86.9 Å². The molecule has 65 heavy (non-hydrogen) atoms. The number of hydrogen-bond acceptors (Lipinski definition) is 8. The molecule has 12 nitrogen and oxygen atoms in total. The Kier molecular flexibility index (Phi) is 12.0. The SMILES string of the molecule is Cc1nc2ccc(C(=O)N3CCN(CCC4C(C(=O)O)=C(CCCOc5cccc6cc(F)ccc56)c5ccc(Cl)c(-c6c(C)nn(C)c6C)c54)CC3)cc2cc1C1CCC(=O)NC1=O. The molecule has 334 valence electrons. The van der Waals surface area contributed by atoms with E-state index in [4.69, 9.17) is 26.4 Å². The largest absolute Gasteiger partial charge is 0.493 e. The van der Waals surface area contributed by atoms with Gasteiger partial charge in [-0.15, -0.1) is 0 Å². The van der Waals surface area contributed by atoms with Crippen LogP contribution in [0.2, 0.25) is 5.02 Å². The number of carboxylic acids is 1. The van der Waals surface area contributed by atoms with E-state index in [0.717, 1.165) is 72.1 Å². The number of aryl methyl sites for hydroxylation is 3. The molecule has 2 aromatic heterocycles. The van der Waals surface area contributed by atoms with Crippen LogP contribution in [-0.4, -0.2) is 92.7 Å². The Bertz CT molecular complexity index is 2970. The number of allylic oxidation sites excluding steroid dienone is 1. The lowest BCUT2D eigenvalue weighted by atomic mass is 9.85. The van der Waals surface area contributed by atoms with Gasteiger partial charge in [0.1, 0.15) is 11.6 Å². The molecule has 2 aliphatic heterocycles. The fourth-order valence-corrected chi connectivity index (χ4v) is 10.4. The highest BCUT2D eigenvalue weighted by Gasteiger charge is 2.39. The van der Waals surface area contributed by atoms with E-state index in [1.54, 1.807) is 12.1 Å². The molecule has 2 fully saturated rings. The number of nitrogens with zero attached hydrogens (tertiary/aromatic N) is 5. The maximum atomic E-state index is 13.9. The third-order valence-electron chi connectivity index (χ3n) is 13.5. The number of rotatable bonds is 12. The third kappa shape index (κ3) is 8.39. The van der Waals surface area contributed by atoms with Gasteiger partial charge in [-0.3, -0.25) is 34.3 Å². The van der Waals surface area contributed by atoms with Crippen LogP contribution in [0.3, 0.4) is 0 Å². The van der Waals surface area contributed by atoms with Crippen LogP contribution in [0.1, 0.15) is 88.1 Å². The van der Waals surface area contributed by atoms with E-state index < -0.39 is 17.8 Å². The summed E-state index contributed by atoms with van der Waals surface area (Å²) in [6.07, 6.45) is 2.20. The molecule has 2 N–H and O–H groups in total. The first-order chi connectivity index (χ1) is 31.3. The van der Waals surface area contributed by atoms with Gasteiger partial charge in [0.2, 0.25) is 11.8 Å². The maximum absolute atomic E-state index is 13.9. The quantitative estimate of drug-likeness (QED) is 0.0910. The maximum Gasteiger partial charge on any atom is 0.332 e. The van der Waals surface area contributed by atoms with Crippen molar-refractivity contribution in [2.24, 2.45) is 7.05 Å². The summed E-state index contributed by atoms with van der Waals surface area (Å²) >= 11 is 7.10. The summed E-state index contributed by atoms with van der Waals surface area (Å²) in [5.74, 6) is -2.29. The predicted molar refractivity (Wildman–Crippen MR) is 248 cm³/mol. The van der Waals surface area contributed by atoms with Crippen molar-refractivity contribution < 1.29 is 33.4 Å². The Morgan fingerprint density at radius 2 is 1.74 bits per heavy atom. The van der Waals surface area contributed by atoms with Crippen LogP contribution in [0.15, 0.2) is 78.4 Å². The van der Waals surface area contributed by atoms with E-state index in [2.05, 4.69) is 10.2 Å². The van der Waals surface area contributed by atoms with E-state index in [1.165, 1.54) is 12.1 Å². The summed E-state index contributed by atoms with van der Waals surface area (Å²) < 4.78 is 22.0. The van der Waals surface area contributed by atoms with Crippen molar-refractivity contribution in [2.45, 2.75) is 64.7 Å². The number of fused-ring (bicyclic) bond motifs is 3. The Hall–Kier alpha value is -6.44. The zero-order valence-corrected chi connectivity index (χ0v) is 37.6. The Morgan fingerprint density at radius 3 is 2.48 bits per heavy atom. The molecule has 2 atom stereocenters. The zero-order valence-electron chi connectivity index (χ0n) is 36.8. The van der Waals surface area contributed by atoms with Crippen molar-refractivity contribution >= 4 is 62.5 Å². The van der Waals surface area contributed by atoms with Gasteiger partial charge in [0.15, 0.2) is 0 Å². The molecule has 3 aliphatic rings. The summed E-state index contributed by atoms with van der Waals surface area (Å²) in [4.78, 5) is 60.8. The number of pyridine rings is 1. The lowest BCUT2D eigenvalue weighted by molar-refractivity contribution is -0.135. The van der Waals surface area contributed by atoms with Crippen LogP contribution in [0.25, 0.3) is 38.4 Å². The van der Waals surface area contributed by atoms with Crippen molar-refractivity contribution in [3.8, 4) is 16.9 Å². The summed E-state index contributed by atoms with van der Waals surface area (Å²) in [6.45, 7) is 8.94. The van der Waals surface area contributed by atoms with Gasteiger partial charge in [-0.05, 0) is 135 Å². The molecule has 0 saturated carbocycles. The lowest BCUT2D eigenvalue weighted by Gasteiger charge is -2.35. The standard InChI is InChI=1S/C51H50ClFN6O6/c1-28-40(38-14-17-44(60)55-49(38)61)27-33-25-32(10-16-42(33)54-28)50(62)59-22-20-58(21-23-59)19-18-39-46-37(13-15-41(52)48(46)45-29(2)56-57(4)30(45)3)36(47(39)51(63)64)8-6-24-65-43-9-5-7-31-26-34(53)11-12-35(31)43/h5,7,9-13,15-16,25-27,38-39H,6,8,14,17-24H2,1-4H3,(H,63,64)(H,55,60,61). The van der Waals surface area contributed by atoms with Gasteiger partial charge in [-0.25, -0.2) is 9.18 Å². The molecule has 4 heterocycles. The number of imide groups is 1. The smallest absolute Gasteiger partial charge is 0.332 e. The highest BCUT2D eigenvalue weighted by atomic mass is 35.5. The molecule has 1 aliphatic carbocycles. The first-order valence-corrected chi connectivity index (χ1v) is 22.5. The van der Waals surface area contributed by atoms with E-state index >= 15 is 0 Å². The average molecular weight is 897 g/mol. The molecule has 9 rings (SSSR count). The zero-order chi connectivity index (χ0) is 45.7. The molecule has 6 aromatic rings. The van der Waals surface area contributed by atoms with Crippen molar-refractivity contribution in [3.63, 3.8) is 0 Å². The molecule has 2 unspecified atom stereocenters. The molecule has 14 heteroatoms. The van der Waals surface area contributed by atoms with Gasteiger partial charge in [0.05, 0.1) is 23.7 Å². The number of aromatic nitrogens is 3. The number of piperidine rings is 1. The minimum Gasteiger partial charge on any atom is -0.493 e. The highest BCUT2D eigenvalue weighted by Crippen LogP contribution is 2.52. The molecule has 0 spiro atoms. The minimum atomic E-state index is -0.972.